The normalized spacial score (nSPS) is 31.2. The summed E-state index contributed by atoms with van der Waals surface area (Å²) in [7, 11) is -7.87. The summed E-state index contributed by atoms with van der Waals surface area (Å²) in [5.41, 5.74) is 0. The van der Waals surface area contributed by atoms with E-state index in [4.69, 9.17) is 0 Å². The van der Waals surface area contributed by atoms with Crippen molar-refractivity contribution >= 4 is 43.5 Å². The van der Waals surface area contributed by atoms with E-state index >= 15 is 0 Å². The van der Waals surface area contributed by atoms with Crippen molar-refractivity contribution in [2.45, 2.75) is 0 Å². The Kier molecular flexibility index (Phi) is 1.51. The summed E-state index contributed by atoms with van der Waals surface area (Å²) in [6.45, 7) is 0. The zero-order chi connectivity index (χ0) is 7.28. The van der Waals surface area contributed by atoms with Crippen LogP contribution >= 0.6 is 22.9 Å². The van der Waals surface area contributed by atoms with Crippen molar-refractivity contribution < 1.29 is 20.5 Å². The average molecular weight is 285 g/mol. The van der Waals surface area contributed by atoms with Gasteiger partial charge in [-0.15, -0.1) is 3.63 Å². The molecule has 0 spiro atoms. The molecule has 0 radical (unpaired) electrons. The average Bonchev–Trinajstić information content (AvgIpc) is 1.63. The van der Waals surface area contributed by atoms with E-state index in [1.54, 1.807) is 0 Å². The minimum atomic E-state index is -3.94. The molecule has 1 saturated heterocycles. The van der Waals surface area contributed by atoms with Crippen molar-refractivity contribution in [3.63, 3.8) is 0 Å². The second-order valence-corrected chi connectivity index (χ2v) is 6.63. The Hall–Kier alpha value is 0.550. The van der Waals surface area contributed by atoms with Gasteiger partial charge in [0.15, 0.2) is 0 Å². The number of halogens is 1. The molecule has 0 bridgehead atoms. The first-order chi connectivity index (χ1) is 3.86. The second kappa shape index (κ2) is 1.78. The van der Waals surface area contributed by atoms with Crippen LogP contribution in [0.1, 0.15) is 0 Å². The number of hydrogen-bond donors (Lipinski definition) is 0. The Morgan fingerprint density at radius 2 is 1.44 bits per heavy atom. The van der Waals surface area contributed by atoms with Gasteiger partial charge in [0.1, 0.15) is 0 Å². The fraction of sp³-hybridized carbons (Fsp3) is 0. The van der Waals surface area contributed by atoms with E-state index < -0.39 is 20.6 Å². The first kappa shape index (κ1) is 7.65. The Morgan fingerprint density at radius 1 is 1.11 bits per heavy atom. The Labute approximate surface area is 65.8 Å². The lowest BCUT2D eigenvalue weighted by molar-refractivity contribution is 0.399. The predicted molar refractivity (Wildman–Crippen MR) is 34.8 cm³/mol. The van der Waals surface area contributed by atoms with Gasteiger partial charge in [0.2, 0.25) is 0 Å². The van der Waals surface area contributed by atoms with Gasteiger partial charge >= 0.3 is 20.6 Å². The molecular weight excluding hydrogens is 285 g/mol. The minimum Gasteiger partial charge on any atom is -0.178 e. The summed E-state index contributed by atoms with van der Waals surface area (Å²) in [6, 6.07) is 0. The quantitative estimate of drug-likeness (QED) is 0.428. The highest BCUT2D eigenvalue weighted by atomic mass is 127. The first-order valence-electron chi connectivity index (χ1n) is 1.53. The largest absolute Gasteiger partial charge is 0.378 e. The van der Waals surface area contributed by atoms with Crippen molar-refractivity contribution in [3.8, 4) is 0 Å². The van der Waals surface area contributed by atoms with Crippen LogP contribution in [0.4, 0.5) is 0 Å². The maximum Gasteiger partial charge on any atom is 0.378 e. The molecule has 0 aromatic carbocycles. The molecule has 0 aromatic rings. The van der Waals surface area contributed by atoms with Crippen LogP contribution in [-0.4, -0.2) is 18.8 Å². The zero-order valence-corrected chi connectivity index (χ0v) is 7.47. The van der Waals surface area contributed by atoms with Crippen molar-refractivity contribution in [1.82, 2.24) is 1.92 Å². The van der Waals surface area contributed by atoms with Crippen molar-refractivity contribution in [2.24, 2.45) is 0 Å². The van der Waals surface area contributed by atoms with E-state index in [1.165, 1.54) is 0 Å². The zero-order valence-electron chi connectivity index (χ0n) is 3.68. The van der Waals surface area contributed by atoms with Gasteiger partial charge in [-0.05, 0) is 0 Å². The van der Waals surface area contributed by atoms with Crippen LogP contribution in [0.3, 0.4) is 0 Å². The highest BCUT2D eigenvalue weighted by molar-refractivity contribution is 14.1. The summed E-state index contributed by atoms with van der Waals surface area (Å²) >= 11 is 1.11. The molecule has 0 atom stereocenters. The van der Waals surface area contributed by atoms with Crippen LogP contribution < -0.4 is 0 Å². The topological polar surface area (TPSA) is 80.8 Å². The third kappa shape index (κ3) is 1.07. The molecule has 0 aromatic heterocycles. The second-order valence-electron chi connectivity index (χ2n) is 1.14. The Morgan fingerprint density at radius 3 is 1.44 bits per heavy atom. The van der Waals surface area contributed by atoms with E-state index in [0.717, 1.165) is 22.9 Å². The smallest absolute Gasteiger partial charge is 0.178 e. The van der Waals surface area contributed by atoms with Gasteiger partial charge in [-0.2, -0.15) is 16.8 Å². The Balaban J connectivity index is 3.14. The fourth-order valence-corrected chi connectivity index (χ4v) is 3.41. The van der Waals surface area contributed by atoms with E-state index in [2.05, 4.69) is 3.63 Å². The standard InChI is InChI=1S/INO5S2/c1-2-8(3,4)7-9(2,5)6. The molecule has 54 valence electrons. The number of rotatable bonds is 0. The molecule has 9 heteroatoms. The van der Waals surface area contributed by atoms with Gasteiger partial charge in [-0.1, -0.05) is 0 Å². The van der Waals surface area contributed by atoms with Crippen LogP contribution in [0.15, 0.2) is 0 Å². The van der Waals surface area contributed by atoms with Crippen LogP contribution in [0.25, 0.3) is 0 Å². The molecule has 1 aliphatic heterocycles. The third-order valence-electron chi connectivity index (χ3n) is 0.524. The highest BCUT2D eigenvalue weighted by Crippen LogP contribution is 2.29. The Bertz CT molecular complexity index is 277. The summed E-state index contributed by atoms with van der Waals surface area (Å²) in [6.07, 6.45) is 0. The molecule has 1 aliphatic rings. The molecule has 0 aliphatic carbocycles. The van der Waals surface area contributed by atoms with Gasteiger partial charge < -0.3 is 0 Å². The monoisotopic (exact) mass is 285 g/mol. The van der Waals surface area contributed by atoms with Gasteiger partial charge in [0.05, 0.1) is 22.9 Å². The molecule has 9 heavy (non-hydrogen) atoms. The van der Waals surface area contributed by atoms with Crippen LogP contribution in [-0.2, 0) is 24.2 Å². The lowest BCUT2D eigenvalue weighted by atomic mass is 13.9. The molecule has 0 unspecified atom stereocenters. The molecule has 1 rings (SSSR count). The van der Waals surface area contributed by atoms with Gasteiger partial charge in [-0.25, -0.2) is 0 Å². The van der Waals surface area contributed by atoms with E-state index in [1.807, 2.05) is 0 Å². The van der Waals surface area contributed by atoms with Crippen LogP contribution in [0.5, 0.6) is 0 Å². The third-order valence-corrected chi connectivity index (χ3v) is 6.59. The van der Waals surface area contributed by atoms with Crippen LogP contribution in [0, 0.1) is 0 Å². The van der Waals surface area contributed by atoms with Crippen LogP contribution in [0.2, 0.25) is 0 Å². The van der Waals surface area contributed by atoms with Gasteiger partial charge in [0, 0.05) is 1.92 Å². The number of nitrogens with zero attached hydrogens (tertiary/aromatic N) is 1. The fourth-order valence-electron chi connectivity index (χ4n) is 0.248. The van der Waals surface area contributed by atoms with E-state index in [0.29, 0.717) is 0 Å². The molecule has 0 N–H and O–H groups in total. The summed E-state index contributed by atoms with van der Waals surface area (Å²) in [4.78, 5) is 0. The summed E-state index contributed by atoms with van der Waals surface area (Å²) < 4.78 is 44.2. The van der Waals surface area contributed by atoms with Crippen molar-refractivity contribution in [1.29, 1.82) is 0 Å². The maximum atomic E-state index is 10.2. The van der Waals surface area contributed by atoms with Crippen molar-refractivity contribution in [2.75, 3.05) is 0 Å². The van der Waals surface area contributed by atoms with E-state index in [-0.39, 0.29) is 1.92 Å². The van der Waals surface area contributed by atoms with Gasteiger partial charge in [-0.3, -0.25) is 0 Å². The van der Waals surface area contributed by atoms with E-state index in [9.17, 15) is 16.8 Å². The SMILES string of the molecule is O=S1(=O)OS(=O)(=O)N1I. The minimum absolute atomic E-state index is 0.123. The summed E-state index contributed by atoms with van der Waals surface area (Å²) in [5, 5.41) is 0. The molecular formula is INO5S2. The highest BCUT2D eigenvalue weighted by Gasteiger charge is 2.49. The lowest BCUT2D eigenvalue weighted by Crippen LogP contribution is -2.43. The maximum absolute atomic E-state index is 10.2. The molecule has 1 heterocycles. The first-order valence-corrected chi connectivity index (χ1v) is 5.23. The summed E-state index contributed by atoms with van der Waals surface area (Å²) in [5.74, 6) is 0. The number of hydrogen-bond acceptors (Lipinski definition) is 5. The van der Waals surface area contributed by atoms with Gasteiger partial charge in [0.25, 0.3) is 0 Å². The molecule has 0 saturated carbocycles. The molecule has 6 nitrogen and oxygen atoms in total. The predicted octanol–water partition coefficient (Wildman–Crippen LogP) is -0.842. The molecule has 0 amide bonds. The lowest BCUT2D eigenvalue weighted by Gasteiger charge is -2.20. The molecule has 1 fully saturated rings. The van der Waals surface area contributed by atoms with Crippen molar-refractivity contribution in [3.05, 3.63) is 0 Å².